The number of rotatable bonds is 1. The van der Waals surface area contributed by atoms with Crippen LogP contribution in [0.2, 0.25) is 0 Å². The first-order chi connectivity index (χ1) is 5.14. The molecule has 2 rings (SSSR count). The van der Waals surface area contributed by atoms with E-state index in [2.05, 4.69) is 25.7 Å². The number of likely N-dealkylation sites (tertiary alicyclic amines) is 1. The second-order valence-electron chi connectivity index (χ2n) is 4.79. The van der Waals surface area contributed by atoms with Crippen LogP contribution in [0.25, 0.3) is 0 Å². The van der Waals surface area contributed by atoms with Crippen LogP contribution in [0.5, 0.6) is 0 Å². The van der Waals surface area contributed by atoms with Crippen molar-refractivity contribution in [2.75, 3.05) is 13.1 Å². The molecule has 1 saturated carbocycles. The Bertz CT molecular complexity index is 158. The smallest absolute Gasteiger partial charge is 0.00438 e. The summed E-state index contributed by atoms with van der Waals surface area (Å²) in [7, 11) is 0. The maximum Gasteiger partial charge on any atom is 0.00438 e. The first kappa shape index (κ1) is 7.60. The van der Waals surface area contributed by atoms with Gasteiger partial charge in [-0.05, 0) is 38.0 Å². The molecule has 1 atom stereocenters. The Morgan fingerprint density at radius 1 is 1.36 bits per heavy atom. The van der Waals surface area contributed by atoms with E-state index in [0.717, 1.165) is 17.4 Å². The van der Waals surface area contributed by atoms with Gasteiger partial charge in [-0.25, -0.2) is 0 Å². The first-order valence-corrected chi connectivity index (χ1v) is 4.88. The van der Waals surface area contributed by atoms with Crippen LogP contribution in [0.3, 0.4) is 0 Å². The molecule has 0 N–H and O–H groups in total. The Balaban J connectivity index is 2.01. The maximum absolute atomic E-state index is 2.64. The standard InChI is InChI=1S/C10H19N/c1-8(2)11-6-9(3)10(7-11)4-5-10/h8-9H,4-7H2,1-3H3. The van der Waals surface area contributed by atoms with E-state index in [1.54, 1.807) is 0 Å². The Hall–Kier alpha value is -0.0400. The molecule has 0 amide bonds. The van der Waals surface area contributed by atoms with Crippen LogP contribution in [0.15, 0.2) is 0 Å². The van der Waals surface area contributed by atoms with Gasteiger partial charge in [-0.2, -0.15) is 0 Å². The van der Waals surface area contributed by atoms with E-state index in [0.29, 0.717) is 0 Å². The highest BCUT2D eigenvalue weighted by Crippen LogP contribution is 2.56. The van der Waals surface area contributed by atoms with Crippen LogP contribution < -0.4 is 0 Å². The fourth-order valence-corrected chi connectivity index (χ4v) is 2.38. The molecule has 0 aromatic heterocycles. The molecule has 1 saturated heterocycles. The van der Waals surface area contributed by atoms with Gasteiger partial charge in [0.15, 0.2) is 0 Å². The lowest BCUT2D eigenvalue weighted by Gasteiger charge is -2.19. The normalized spacial score (nSPS) is 35.5. The molecule has 0 aromatic rings. The molecule has 11 heavy (non-hydrogen) atoms. The van der Waals surface area contributed by atoms with Gasteiger partial charge in [0.1, 0.15) is 0 Å². The summed E-state index contributed by atoms with van der Waals surface area (Å²) in [6.45, 7) is 9.78. The lowest BCUT2D eigenvalue weighted by molar-refractivity contribution is 0.260. The summed E-state index contributed by atoms with van der Waals surface area (Å²) in [5, 5.41) is 0. The molecule has 0 radical (unpaired) electrons. The zero-order valence-electron chi connectivity index (χ0n) is 7.93. The maximum atomic E-state index is 2.64. The summed E-state index contributed by atoms with van der Waals surface area (Å²) in [4.78, 5) is 2.64. The predicted molar refractivity (Wildman–Crippen MR) is 47.5 cm³/mol. The monoisotopic (exact) mass is 153 g/mol. The van der Waals surface area contributed by atoms with Crippen LogP contribution in [-0.2, 0) is 0 Å². The quantitative estimate of drug-likeness (QED) is 0.558. The second kappa shape index (κ2) is 2.22. The molecular weight excluding hydrogens is 134 g/mol. The van der Waals surface area contributed by atoms with Crippen molar-refractivity contribution >= 4 is 0 Å². The molecule has 1 heterocycles. The molecule has 1 heteroatoms. The number of nitrogens with zero attached hydrogens (tertiary/aromatic N) is 1. The van der Waals surface area contributed by atoms with Gasteiger partial charge < -0.3 is 4.90 Å². The fourth-order valence-electron chi connectivity index (χ4n) is 2.38. The van der Waals surface area contributed by atoms with E-state index in [1.807, 2.05) is 0 Å². The zero-order valence-corrected chi connectivity index (χ0v) is 7.93. The van der Waals surface area contributed by atoms with Crippen LogP contribution in [-0.4, -0.2) is 24.0 Å². The lowest BCUT2D eigenvalue weighted by atomic mass is 9.95. The van der Waals surface area contributed by atoms with E-state index in [-0.39, 0.29) is 0 Å². The van der Waals surface area contributed by atoms with Gasteiger partial charge in [0.2, 0.25) is 0 Å². The molecular formula is C10H19N. The molecule has 2 aliphatic rings. The average molecular weight is 153 g/mol. The third-order valence-corrected chi connectivity index (χ3v) is 3.69. The predicted octanol–water partition coefficient (Wildman–Crippen LogP) is 2.13. The summed E-state index contributed by atoms with van der Waals surface area (Å²) in [6, 6.07) is 0.762. The van der Waals surface area contributed by atoms with Crippen molar-refractivity contribution < 1.29 is 0 Å². The molecule has 1 aliphatic carbocycles. The van der Waals surface area contributed by atoms with Gasteiger partial charge >= 0.3 is 0 Å². The molecule has 0 aromatic carbocycles. The van der Waals surface area contributed by atoms with Gasteiger partial charge in [0.25, 0.3) is 0 Å². The van der Waals surface area contributed by atoms with Crippen molar-refractivity contribution in [2.45, 2.75) is 39.7 Å². The highest BCUT2D eigenvalue weighted by molar-refractivity contribution is 5.04. The summed E-state index contributed by atoms with van der Waals surface area (Å²) in [5.74, 6) is 0.963. The Kier molecular flexibility index (Phi) is 1.54. The zero-order chi connectivity index (χ0) is 8.06. The second-order valence-corrected chi connectivity index (χ2v) is 4.79. The van der Waals surface area contributed by atoms with Crippen molar-refractivity contribution in [3.05, 3.63) is 0 Å². The van der Waals surface area contributed by atoms with Gasteiger partial charge in [-0.15, -0.1) is 0 Å². The largest absolute Gasteiger partial charge is 0.300 e. The minimum Gasteiger partial charge on any atom is -0.300 e. The number of hydrogen-bond acceptors (Lipinski definition) is 1. The summed E-state index contributed by atoms with van der Waals surface area (Å²) in [5.41, 5.74) is 0.782. The molecule has 64 valence electrons. The van der Waals surface area contributed by atoms with Gasteiger partial charge in [-0.3, -0.25) is 0 Å². The van der Waals surface area contributed by atoms with Crippen molar-refractivity contribution in [2.24, 2.45) is 11.3 Å². The van der Waals surface area contributed by atoms with E-state index in [1.165, 1.54) is 25.9 Å². The molecule has 0 bridgehead atoms. The SMILES string of the molecule is CC(C)N1CC(C)C2(CC2)C1. The third-order valence-electron chi connectivity index (χ3n) is 3.69. The molecule has 1 unspecified atom stereocenters. The van der Waals surface area contributed by atoms with Crippen LogP contribution in [0, 0.1) is 11.3 Å². The third kappa shape index (κ3) is 1.10. The van der Waals surface area contributed by atoms with Gasteiger partial charge in [0.05, 0.1) is 0 Å². The number of hydrogen-bond donors (Lipinski definition) is 0. The average Bonchev–Trinajstić information content (AvgIpc) is 2.59. The molecule has 2 fully saturated rings. The summed E-state index contributed by atoms with van der Waals surface area (Å²) >= 11 is 0. The van der Waals surface area contributed by atoms with Crippen LogP contribution >= 0.6 is 0 Å². The molecule has 1 nitrogen and oxygen atoms in total. The Labute approximate surface area is 69.8 Å². The lowest BCUT2D eigenvalue weighted by Crippen LogP contribution is -2.28. The summed E-state index contributed by atoms with van der Waals surface area (Å²) in [6.07, 6.45) is 2.99. The van der Waals surface area contributed by atoms with Gasteiger partial charge in [0, 0.05) is 19.1 Å². The minimum atomic E-state index is 0.762. The van der Waals surface area contributed by atoms with Crippen molar-refractivity contribution in [3.63, 3.8) is 0 Å². The Morgan fingerprint density at radius 3 is 2.27 bits per heavy atom. The van der Waals surface area contributed by atoms with E-state index in [4.69, 9.17) is 0 Å². The van der Waals surface area contributed by atoms with E-state index >= 15 is 0 Å². The van der Waals surface area contributed by atoms with Crippen LogP contribution in [0.1, 0.15) is 33.6 Å². The van der Waals surface area contributed by atoms with Gasteiger partial charge in [-0.1, -0.05) is 6.92 Å². The molecule has 1 spiro atoms. The fraction of sp³-hybridized carbons (Fsp3) is 1.00. The Morgan fingerprint density at radius 2 is 2.00 bits per heavy atom. The van der Waals surface area contributed by atoms with E-state index in [9.17, 15) is 0 Å². The topological polar surface area (TPSA) is 3.24 Å². The van der Waals surface area contributed by atoms with Crippen molar-refractivity contribution in [1.29, 1.82) is 0 Å². The highest BCUT2D eigenvalue weighted by atomic mass is 15.2. The minimum absolute atomic E-state index is 0.762. The first-order valence-electron chi connectivity index (χ1n) is 4.88. The van der Waals surface area contributed by atoms with Crippen molar-refractivity contribution in [3.8, 4) is 0 Å². The molecule has 1 aliphatic heterocycles. The van der Waals surface area contributed by atoms with E-state index < -0.39 is 0 Å². The van der Waals surface area contributed by atoms with Crippen molar-refractivity contribution in [1.82, 2.24) is 4.90 Å². The summed E-state index contributed by atoms with van der Waals surface area (Å²) < 4.78 is 0. The van der Waals surface area contributed by atoms with Crippen LogP contribution in [0.4, 0.5) is 0 Å². The highest BCUT2D eigenvalue weighted by Gasteiger charge is 2.52.